The van der Waals surface area contributed by atoms with E-state index in [4.69, 9.17) is 10.2 Å². The van der Waals surface area contributed by atoms with Crippen molar-refractivity contribution in [2.24, 2.45) is 5.92 Å². The summed E-state index contributed by atoms with van der Waals surface area (Å²) in [4.78, 5) is 24.8. The average Bonchev–Trinajstić information content (AvgIpc) is 3.05. The number of nitrogens with zero attached hydrogens (tertiary/aromatic N) is 4. The van der Waals surface area contributed by atoms with Crippen molar-refractivity contribution in [3.63, 3.8) is 0 Å². The molecule has 2 N–H and O–H groups in total. The van der Waals surface area contributed by atoms with E-state index in [0.717, 1.165) is 0 Å². The minimum atomic E-state index is -0.0732. The van der Waals surface area contributed by atoms with Crippen LogP contribution >= 0.6 is 0 Å². The molecule has 7 heteroatoms. The third-order valence-electron chi connectivity index (χ3n) is 3.02. The molecule has 108 valence electrons. The largest absolute Gasteiger partial charge is 0.463 e. The lowest BCUT2D eigenvalue weighted by Crippen LogP contribution is -2.13. The van der Waals surface area contributed by atoms with Gasteiger partial charge in [0.1, 0.15) is 17.5 Å². The summed E-state index contributed by atoms with van der Waals surface area (Å²) in [6, 6.07) is 3.51. The fraction of sp³-hybridized carbons (Fsp3) is 0.286. The van der Waals surface area contributed by atoms with Gasteiger partial charge in [0.05, 0.1) is 6.26 Å². The lowest BCUT2D eigenvalue weighted by Gasteiger charge is -2.05. The van der Waals surface area contributed by atoms with Gasteiger partial charge >= 0.3 is 0 Å². The molecule has 0 atom stereocenters. The molecule has 0 saturated heterocycles. The summed E-state index contributed by atoms with van der Waals surface area (Å²) in [5, 5.41) is 0. The average molecular weight is 285 g/mol. The van der Waals surface area contributed by atoms with Crippen LogP contribution in [0.25, 0.3) is 22.6 Å². The van der Waals surface area contributed by atoms with Crippen LogP contribution in [0.4, 0.5) is 5.95 Å². The second-order valence-corrected chi connectivity index (χ2v) is 5.19. The van der Waals surface area contributed by atoms with Crippen LogP contribution in [0.5, 0.6) is 0 Å². The van der Waals surface area contributed by atoms with E-state index in [0.29, 0.717) is 29.0 Å². The molecule has 3 rings (SSSR count). The minimum Gasteiger partial charge on any atom is -0.463 e. The lowest BCUT2D eigenvalue weighted by molar-refractivity contribution is 0.0891. The molecule has 0 spiro atoms. The first-order valence-electron chi connectivity index (χ1n) is 6.64. The summed E-state index contributed by atoms with van der Waals surface area (Å²) in [6.07, 6.45) is 3.40. The quantitative estimate of drug-likeness (QED) is 0.792. The number of furan rings is 1. The SMILES string of the molecule is CC(C)CC(=O)n1cnc2c(-c3ccco3)nc(N)nc21. The van der Waals surface area contributed by atoms with E-state index >= 15 is 0 Å². The zero-order valence-electron chi connectivity index (χ0n) is 11.8. The topological polar surface area (TPSA) is 99.8 Å². The van der Waals surface area contributed by atoms with Crippen molar-refractivity contribution < 1.29 is 9.21 Å². The maximum Gasteiger partial charge on any atom is 0.233 e. The number of carbonyl (C=O) groups excluding carboxylic acids is 1. The van der Waals surface area contributed by atoms with E-state index in [1.807, 2.05) is 13.8 Å². The Balaban J connectivity index is 2.17. The predicted octanol–water partition coefficient (Wildman–Crippen LogP) is 2.35. The molecule has 3 aromatic heterocycles. The van der Waals surface area contributed by atoms with E-state index in [2.05, 4.69) is 15.0 Å². The summed E-state index contributed by atoms with van der Waals surface area (Å²) >= 11 is 0. The van der Waals surface area contributed by atoms with E-state index in [1.165, 1.54) is 10.9 Å². The van der Waals surface area contributed by atoms with Gasteiger partial charge in [0, 0.05) is 6.42 Å². The molecule has 0 aromatic carbocycles. The van der Waals surface area contributed by atoms with Gasteiger partial charge in [-0.1, -0.05) is 13.8 Å². The van der Waals surface area contributed by atoms with Crippen LogP contribution in [-0.2, 0) is 0 Å². The van der Waals surface area contributed by atoms with Crippen LogP contribution in [0.15, 0.2) is 29.1 Å². The van der Waals surface area contributed by atoms with Gasteiger partial charge in [-0.25, -0.2) is 9.97 Å². The summed E-state index contributed by atoms with van der Waals surface area (Å²) in [5.41, 5.74) is 7.13. The molecular weight excluding hydrogens is 270 g/mol. The van der Waals surface area contributed by atoms with Crippen molar-refractivity contribution in [3.8, 4) is 11.5 Å². The highest BCUT2D eigenvalue weighted by Gasteiger charge is 2.19. The lowest BCUT2D eigenvalue weighted by atomic mass is 10.1. The van der Waals surface area contributed by atoms with E-state index < -0.39 is 0 Å². The van der Waals surface area contributed by atoms with Crippen molar-refractivity contribution in [1.29, 1.82) is 0 Å². The number of hydrogen-bond acceptors (Lipinski definition) is 6. The Labute approximate surface area is 120 Å². The molecule has 0 saturated carbocycles. The summed E-state index contributed by atoms with van der Waals surface area (Å²) < 4.78 is 6.75. The van der Waals surface area contributed by atoms with Gasteiger partial charge in [-0.15, -0.1) is 0 Å². The number of rotatable bonds is 3. The molecule has 0 aliphatic carbocycles. The van der Waals surface area contributed by atoms with Gasteiger partial charge in [0.25, 0.3) is 0 Å². The van der Waals surface area contributed by atoms with E-state index in [-0.39, 0.29) is 17.8 Å². The van der Waals surface area contributed by atoms with Gasteiger partial charge < -0.3 is 10.2 Å². The monoisotopic (exact) mass is 285 g/mol. The van der Waals surface area contributed by atoms with Crippen LogP contribution in [0.3, 0.4) is 0 Å². The number of fused-ring (bicyclic) bond motifs is 1. The molecule has 3 heterocycles. The standard InChI is InChI=1S/C14H15N5O2/c1-8(2)6-10(20)19-7-16-12-11(9-4-3-5-21-9)17-14(15)18-13(12)19/h3-5,7-8H,6H2,1-2H3,(H2,15,17,18). The smallest absolute Gasteiger partial charge is 0.233 e. The number of aromatic nitrogens is 4. The Kier molecular flexibility index (Phi) is 3.17. The maximum absolute atomic E-state index is 12.2. The molecule has 0 fully saturated rings. The molecule has 0 amide bonds. The fourth-order valence-corrected chi connectivity index (χ4v) is 2.13. The van der Waals surface area contributed by atoms with Gasteiger partial charge in [-0.2, -0.15) is 4.98 Å². The Morgan fingerprint density at radius 3 is 2.90 bits per heavy atom. The number of imidazole rings is 1. The Bertz CT molecular complexity index is 789. The summed E-state index contributed by atoms with van der Waals surface area (Å²) in [6.45, 7) is 3.96. The van der Waals surface area contributed by atoms with Crippen molar-refractivity contribution in [2.45, 2.75) is 20.3 Å². The molecule has 0 aliphatic rings. The van der Waals surface area contributed by atoms with Gasteiger partial charge in [-0.3, -0.25) is 9.36 Å². The summed E-state index contributed by atoms with van der Waals surface area (Å²) in [5.74, 6) is 0.790. The Morgan fingerprint density at radius 2 is 2.24 bits per heavy atom. The number of nitrogens with two attached hydrogens (primary N) is 1. The second kappa shape index (κ2) is 5.01. The third kappa shape index (κ3) is 2.37. The molecule has 0 bridgehead atoms. The van der Waals surface area contributed by atoms with E-state index in [9.17, 15) is 4.79 Å². The first-order chi connectivity index (χ1) is 10.1. The van der Waals surface area contributed by atoms with Gasteiger partial charge in [0.15, 0.2) is 11.4 Å². The molecule has 7 nitrogen and oxygen atoms in total. The van der Waals surface area contributed by atoms with Gasteiger partial charge in [0.2, 0.25) is 11.9 Å². The molecule has 0 unspecified atom stereocenters. The molecule has 3 aromatic rings. The molecule has 0 aliphatic heterocycles. The minimum absolute atomic E-state index is 0.0732. The number of hydrogen-bond donors (Lipinski definition) is 1. The fourth-order valence-electron chi connectivity index (χ4n) is 2.13. The third-order valence-corrected chi connectivity index (χ3v) is 3.02. The van der Waals surface area contributed by atoms with Crippen LogP contribution < -0.4 is 5.73 Å². The van der Waals surface area contributed by atoms with Crippen LogP contribution in [0, 0.1) is 5.92 Å². The highest BCUT2D eigenvalue weighted by molar-refractivity contribution is 5.93. The highest BCUT2D eigenvalue weighted by Crippen LogP contribution is 2.26. The normalized spacial score (nSPS) is 11.4. The zero-order valence-corrected chi connectivity index (χ0v) is 11.8. The Morgan fingerprint density at radius 1 is 1.43 bits per heavy atom. The second-order valence-electron chi connectivity index (χ2n) is 5.19. The number of anilines is 1. The maximum atomic E-state index is 12.2. The predicted molar refractivity (Wildman–Crippen MR) is 77.5 cm³/mol. The number of nitrogen functional groups attached to an aromatic ring is 1. The van der Waals surface area contributed by atoms with Crippen molar-refractivity contribution >= 4 is 23.0 Å². The van der Waals surface area contributed by atoms with Crippen molar-refractivity contribution in [1.82, 2.24) is 19.5 Å². The van der Waals surface area contributed by atoms with Crippen LogP contribution in [-0.4, -0.2) is 25.4 Å². The molecular formula is C14H15N5O2. The van der Waals surface area contributed by atoms with Crippen LogP contribution in [0.1, 0.15) is 25.1 Å². The van der Waals surface area contributed by atoms with Gasteiger partial charge in [-0.05, 0) is 18.1 Å². The highest BCUT2D eigenvalue weighted by atomic mass is 16.3. The number of carbonyl (C=O) groups is 1. The molecule has 0 radical (unpaired) electrons. The van der Waals surface area contributed by atoms with E-state index in [1.54, 1.807) is 18.4 Å². The first-order valence-corrected chi connectivity index (χ1v) is 6.64. The van der Waals surface area contributed by atoms with Crippen LogP contribution in [0.2, 0.25) is 0 Å². The Hall–Kier alpha value is -2.70. The first kappa shape index (κ1) is 13.3. The molecule has 21 heavy (non-hydrogen) atoms. The van der Waals surface area contributed by atoms with Crippen molar-refractivity contribution in [2.75, 3.05) is 5.73 Å². The zero-order chi connectivity index (χ0) is 15.0. The summed E-state index contributed by atoms with van der Waals surface area (Å²) in [7, 11) is 0. The van der Waals surface area contributed by atoms with Crippen molar-refractivity contribution in [3.05, 3.63) is 24.7 Å².